The van der Waals surface area contributed by atoms with Crippen LogP contribution < -0.4 is 0 Å². The van der Waals surface area contributed by atoms with Gasteiger partial charge in [-0.3, -0.25) is 0 Å². The SMILES string of the molecule is [C-]#[N+]c1ccc2c(c1)c1cc(C#N)ccc1n2-c1ccc(-c2nc(-c3ccccc3)nc(-c3ccccc3)n2)c(-c2cc(C(F)(F)F)ccc2-n2c3ccc(C#N)cc3c3cc([N+]#[C-])ccc32)c1. The monoisotopic (exact) mass is 883 g/mol. The molecule has 0 fully saturated rings. The molecule has 0 radical (unpaired) electrons. The minimum Gasteiger partial charge on any atom is -0.309 e. The van der Waals surface area contributed by atoms with Crippen molar-refractivity contribution in [1.82, 2.24) is 24.1 Å². The Balaban J connectivity index is 1.28. The summed E-state index contributed by atoms with van der Waals surface area (Å²) in [5, 5.41) is 22.6. The van der Waals surface area contributed by atoms with Crippen molar-refractivity contribution >= 4 is 55.0 Å². The Labute approximate surface area is 385 Å². The number of halogens is 3. The molecule has 8 aromatic carbocycles. The molecule has 0 aliphatic carbocycles. The lowest BCUT2D eigenvalue weighted by Crippen LogP contribution is -2.08. The largest absolute Gasteiger partial charge is 0.416 e. The summed E-state index contributed by atoms with van der Waals surface area (Å²) in [6.07, 6.45) is -4.75. The Hall–Kier alpha value is -9.88. The van der Waals surface area contributed by atoms with Crippen LogP contribution >= 0.6 is 0 Å². The van der Waals surface area contributed by atoms with E-state index in [-0.39, 0.29) is 11.4 Å². The minimum absolute atomic E-state index is 0.180. The maximum absolute atomic E-state index is 15.2. The number of rotatable bonds is 6. The van der Waals surface area contributed by atoms with Gasteiger partial charge in [-0.05, 0) is 113 Å². The molecule has 11 aromatic rings. The van der Waals surface area contributed by atoms with Crippen molar-refractivity contribution in [1.29, 1.82) is 10.5 Å². The van der Waals surface area contributed by atoms with E-state index in [9.17, 15) is 10.5 Å². The predicted molar refractivity (Wildman–Crippen MR) is 257 cm³/mol. The molecule has 12 heteroatoms. The highest BCUT2D eigenvalue weighted by Crippen LogP contribution is 2.45. The van der Waals surface area contributed by atoms with Gasteiger partial charge in [0.05, 0.1) is 69.7 Å². The first-order valence-corrected chi connectivity index (χ1v) is 21.1. The van der Waals surface area contributed by atoms with E-state index in [0.29, 0.717) is 111 Å². The number of fused-ring (bicyclic) bond motifs is 6. The first kappa shape index (κ1) is 40.9. The normalized spacial score (nSPS) is 11.4. The molecule has 0 atom stereocenters. The van der Waals surface area contributed by atoms with E-state index >= 15 is 13.2 Å². The molecule has 0 saturated carbocycles. The number of nitriles is 2. The topological polar surface area (TPSA) is 105 Å². The van der Waals surface area contributed by atoms with Crippen LogP contribution in [0.25, 0.3) is 110 Å². The van der Waals surface area contributed by atoms with Gasteiger partial charge in [-0.2, -0.15) is 23.7 Å². The predicted octanol–water partition coefficient (Wildman–Crippen LogP) is 14.6. The molecule has 0 amide bonds. The molecule has 0 unspecified atom stereocenters. The number of hydrogen-bond donors (Lipinski definition) is 0. The van der Waals surface area contributed by atoms with Crippen LogP contribution in [0.2, 0.25) is 0 Å². The Kier molecular flexibility index (Phi) is 9.60. The summed E-state index contributed by atoms with van der Waals surface area (Å²) in [5.41, 5.74) is 6.54. The second kappa shape index (κ2) is 16.0. The van der Waals surface area contributed by atoms with Gasteiger partial charge in [0.1, 0.15) is 0 Å². The molecule has 3 aromatic heterocycles. The minimum atomic E-state index is -4.75. The van der Waals surface area contributed by atoms with Crippen molar-refractivity contribution < 1.29 is 13.2 Å². The third-order valence-corrected chi connectivity index (χ3v) is 12.1. The van der Waals surface area contributed by atoms with Crippen molar-refractivity contribution in [3.63, 3.8) is 0 Å². The quantitative estimate of drug-likeness (QED) is 0.155. The fourth-order valence-electron chi connectivity index (χ4n) is 8.98. The molecule has 0 aliphatic heterocycles. The van der Waals surface area contributed by atoms with E-state index in [1.165, 1.54) is 6.07 Å². The highest BCUT2D eigenvalue weighted by atomic mass is 19.4. The number of hydrogen-bond acceptors (Lipinski definition) is 5. The zero-order valence-electron chi connectivity index (χ0n) is 35.3. The van der Waals surface area contributed by atoms with E-state index in [2.05, 4.69) is 21.8 Å². The molecular weight excluding hydrogens is 856 g/mol. The molecule has 318 valence electrons. The van der Waals surface area contributed by atoms with Crippen molar-refractivity contribution in [3.05, 3.63) is 209 Å². The first-order chi connectivity index (χ1) is 33.1. The standard InChI is InChI=1S/C56H28F3N9/c1-62-38-16-23-49-46(28-38)43-25-33(31-60)13-20-48(43)67(49)40-18-19-41(55-65-53(35-9-5-3-6-10-35)64-54(66-55)36-11-7-4-8-12-36)42(30-40)45-27-37(56(57,58)59)15-22-51(45)68-50-21-14-34(32-61)26-44(50)47-29-39(63-2)17-24-52(47)68/h3-30H. The smallest absolute Gasteiger partial charge is 0.309 e. The van der Waals surface area contributed by atoms with Crippen LogP contribution in [0, 0.1) is 35.8 Å². The molecule has 0 bridgehead atoms. The van der Waals surface area contributed by atoms with E-state index in [0.717, 1.165) is 12.1 Å². The molecule has 9 nitrogen and oxygen atoms in total. The molecule has 3 heterocycles. The fourth-order valence-corrected chi connectivity index (χ4v) is 8.98. The summed E-state index contributed by atoms with van der Waals surface area (Å²) in [6.45, 7) is 15.6. The summed E-state index contributed by atoms with van der Waals surface area (Å²) in [4.78, 5) is 22.3. The van der Waals surface area contributed by atoms with Crippen LogP contribution in [0.3, 0.4) is 0 Å². The van der Waals surface area contributed by atoms with Crippen molar-refractivity contribution in [2.45, 2.75) is 6.18 Å². The van der Waals surface area contributed by atoms with Gasteiger partial charge in [0.2, 0.25) is 0 Å². The first-order valence-electron chi connectivity index (χ1n) is 21.1. The van der Waals surface area contributed by atoms with Gasteiger partial charge in [-0.1, -0.05) is 72.8 Å². The molecule has 0 aliphatic rings. The number of aromatic nitrogens is 5. The molecule has 0 N–H and O–H groups in total. The van der Waals surface area contributed by atoms with E-state index in [1.807, 2.05) is 94.1 Å². The number of nitrogens with zero attached hydrogens (tertiary/aromatic N) is 9. The highest BCUT2D eigenvalue weighted by Gasteiger charge is 2.33. The van der Waals surface area contributed by atoms with Gasteiger partial charge in [0.15, 0.2) is 28.8 Å². The van der Waals surface area contributed by atoms with E-state index in [1.54, 1.807) is 66.7 Å². The summed E-state index contributed by atoms with van der Waals surface area (Å²) in [7, 11) is 0. The van der Waals surface area contributed by atoms with Crippen molar-refractivity contribution in [3.8, 4) is 68.8 Å². The molecule has 11 rings (SSSR count). The highest BCUT2D eigenvalue weighted by molar-refractivity contribution is 6.12. The second-order valence-corrected chi connectivity index (χ2v) is 16.0. The Morgan fingerprint density at radius 1 is 0.456 bits per heavy atom. The molecule has 0 spiro atoms. The van der Waals surface area contributed by atoms with E-state index < -0.39 is 11.7 Å². The van der Waals surface area contributed by atoms with Gasteiger partial charge < -0.3 is 9.13 Å². The fraction of sp³-hybridized carbons (Fsp3) is 0.0179. The van der Waals surface area contributed by atoms with Crippen LogP contribution in [0.15, 0.2) is 170 Å². The zero-order chi connectivity index (χ0) is 46.7. The van der Waals surface area contributed by atoms with Crippen LogP contribution in [0.5, 0.6) is 0 Å². The van der Waals surface area contributed by atoms with Gasteiger partial charge in [0.25, 0.3) is 0 Å². The molecular formula is C56H28F3N9. The Morgan fingerprint density at radius 2 is 0.941 bits per heavy atom. The molecule has 68 heavy (non-hydrogen) atoms. The maximum Gasteiger partial charge on any atom is 0.416 e. The summed E-state index contributed by atoms with van der Waals surface area (Å²) in [6, 6.07) is 53.1. The van der Waals surface area contributed by atoms with E-state index in [4.69, 9.17) is 28.1 Å². The van der Waals surface area contributed by atoms with Gasteiger partial charge in [-0.15, -0.1) is 0 Å². The summed E-state index contributed by atoms with van der Waals surface area (Å²) < 4.78 is 49.3. The Morgan fingerprint density at radius 3 is 1.44 bits per heavy atom. The lowest BCUT2D eigenvalue weighted by molar-refractivity contribution is -0.137. The average molecular weight is 884 g/mol. The maximum atomic E-state index is 15.2. The Bertz CT molecular complexity index is 3870. The van der Waals surface area contributed by atoms with Crippen LogP contribution in [-0.4, -0.2) is 24.1 Å². The van der Waals surface area contributed by atoms with Gasteiger partial charge >= 0.3 is 6.18 Å². The number of benzene rings is 8. The van der Waals surface area contributed by atoms with Crippen molar-refractivity contribution in [2.75, 3.05) is 0 Å². The zero-order valence-corrected chi connectivity index (χ0v) is 35.3. The van der Waals surface area contributed by atoms with Gasteiger partial charge in [0, 0.05) is 38.7 Å². The van der Waals surface area contributed by atoms with Crippen LogP contribution in [0.1, 0.15) is 16.7 Å². The summed E-state index contributed by atoms with van der Waals surface area (Å²) in [5.74, 6) is 0.908. The van der Waals surface area contributed by atoms with Crippen LogP contribution in [0.4, 0.5) is 24.5 Å². The molecule has 0 saturated heterocycles. The third-order valence-electron chi connectivity index (χ3n) is 12.1. The second-order valence-electron chi connectivity index (χ2n) is 16.0. The average Bonchev–Trinajstić information content (AvgIpc) is 3.89. The van der Waals surface area contributed by atoms with Crippen LogP contribution in [-0.2, 0) is 6.18 Å². The van der Waals surface area contributed by atoms with Gasteiger partial charge in [-0.25, -0.2) is 24.6 Å². The summed E-state index contributed by atoms with van der Waals surface area (Å²) >= 11 is 0. The third kappa shape index (κ3) is 6.82. The lowest BCUT2D eigenvalue weighted by atomic mass is 9.94. The number of alkyl halides is 3. The van der Waals surface area contributed by atoms with Crippen molar-refractivity contribution in [2.24, 2.45) is 0 Å². The lowest BCUT2D eigenvalue weighted by Gasteiger charge is -2.20.